The fraction of sp³-hybridized carbons (Fsp3) is 0.400. The van der Waals surface area contributed by atoms with Crippen molar-refractivity contribution in [1.29, 1.82) is 0 Å². The van der Waals surface area contributed by atoms with Crippen LogP contribution in [0.4, 0.5) is 0 Å². The minimum atomic E-state index is -1.06. The molecule has 0 unspecified atom stereocenters. The van der Waals surface area contributed by atoms with Crippen LogP contribution in [-0.2, 0) is 9.59 Å². The number of aliphatic hydroxyl groups excluding tert-OH is 1. The zero-order valence-corrected chi connectivity index (χ0v) is 9.07. The van der Waals surface area contributed by atoms with E-state index in [-0.39, 0.29) is 16.9 Å². The maximum atomic E-state index is 10.1. The number of carboxylic acid groups (broad SMARTS) is 2. The van der Waals surface area contributed by atoms with Crippen molar-refractivity contribution in [1.82, 2.24) is 0 Å². The summed E-state index contributed by atoms with van der Waals surface area (Å²) in [6.45, 7) is 7.67. The quantitative estimate of drug-likeness (QED) is 0.495. The topological polar surface area (TPSA) is 94.8 Å². The van der Waals surface area contributed by atoms with E-state index in [9.17, 15) is 9.59 Å². The molecule has 15 heavy (non-hydrogen) atoms. The van der Waals surface area contributed by atoms with Gasteiger partial charge in [-0.15, -0.1) is 0 Å². The first-order valence-electron chi connectivity index (χ1n) is 4.24. The van der Waals surface area contributed by atoms with Crippen molar-refractivity contribution in [3.63, 3.8) is 0 Å². The molecule has 0 aliphatic carbocycles. The number of allylic oxidation sites excluding steroid dienone is 1. The molecule has 0 radical (unpaired) electrons. The molecule has 3 N–H and O–H groups in total. The Morgan fingerprint density at radius 1 is 1.07 bits per heavy atom. The van der Waals surface area contributed by atoms with Crippen LogP contribution in [0, 0.1) is 0 Å². The molecular weight excluding hydrogens is 200 g/mol. The number of aliphatic hydroxyl groups is 1. The molecule has 86 valence electrons. The smallest absolute Gasteiger partial charge is 0.334 e. The van der Waals surface area contributed by atoms with Gasteiger partial charge in [-0.1, -0.05) is 13.5 Å². The second-order valence-corrected chi connectivity index (χ2v) is 2.82. The third-order valence-electron chi connectivity index (χ3n) is 1.45. The minimum Gasteiger partial charge on any atom is -0.512 e. The van der Waals surface area contributed by atoms with E-state index in [1.807, 2.05) is 0 Å². The molecule has 0 rings (SSSR count). The summed E-state index contributed by atoms with van der Waals surface area (Å²) < 4.78 is 0. The predicted molar refractivity (Wildman–Crippen MR) is 55.7 cm³/mol. The lowest BCUT2D eigenvalue weighted by Crippen LogP contribution is -1.99. The van der Waals surface area contributed by atoms with Crippen molar-refractivity contribution in [3.8, 4) is 0 Å². The Hall–Kier alpha value is -1.78. The molecule has 0 heterocycles. The zero-order valence-electron chi connectivity index (χ0n) is 9.07. The van der Waals surface area contributed by atoms with Crippen LogP contribution in [0.2, 0.25) is 0 Å². The van der Waals surface area contributed by atoms with Gasteiger partial charge in [0, 0.05) is 12.0 Å². The molecule has 0 amide bonds. The molecule has 0 saturated heterocycles. The van der Waals surface area contributed by atoms with Crippen molar-refractivity contribution in [2.24, 2.45) is 0 Å². The van der Waals surface area contributed by atoms with Crippen molar-refractivity contribution in [3.05, 3.63) is 23.5 Å². The second kappa shape index (κ2) is 7.61. The maximum absolute atomic E-state index is 10.1. The molecule has 0 aromatic heterocycles. The summed E-state index contributed by atoms with van der Waals surface area (Å²) in [6, 6.07) is 0. The van der Waals surface area contributed by atoms with E-state index in [1.54, 1.807) is 6.92 Å². The van der Waals surface area contributed by atoms with E-state index in [0.29, 0.717) is 6.42 Å². The average Bonchev–Trinajstić information content (AvgIpc) is 2.16. The lowest BCUT2D eigenvalue weighted by molar-refractivity contribution is -0.133. The number of carbonyl (C=O) groups is 2. The van der Waals surface area contributed by atoms with Crippen LogP contribution in [0.1, 0.15) is 27.2 Å². The maximum Gasteiger partial charge on any atom is 0.334 e. The predicted octanol–water partition coefficient (Wildman–Crippen LogP) is 1.96. The largest absolute Gasteiger partial charge is 0.512 e. The van der Waals surface area contributed by atoms with Crippen LogP contribution in [0.15, 0.2) is 23.5 Å². The van der Waals surface area contributed by atoms with Gasteiger partial charge in [-0.25, -0.2) is 9.59 Å². The highest BCUT2D eigenvalue weighted by Crippen LogP contribution is 2.03. The Kier molecular flexibility index (Phi) is 7.95. The highest BCUT2D eigenvalue weighted by atomic mass is 16.4. The SMILES string of the molecule is C=C(C)C(=O)O.CC/C(O)=C(/C)C(=O)O. The third-order valence-corrected chi connectivity index (χ3v) is 1.45. The summed E-state index contributed by atoms with van der Waals surface area (Å²) in [5, 5.41) is 25.0. The molecule has 0 fully saturated rings. The summed E-state index contributed by atoms with van der Waals surface area (Å²) >= 11 is 0. The van der Waals surface area contributed by atoms with Crippen LogP contribution in [-0.4, -0.2) is 27.3 Å². The highest BCUT2D eigenvalue weighted by Gasteiger charge is 2.04. The number of hydrogen-bond acceptors (Lipinski definition) is 3. The summed E-state index contributed by atoms with van der Waals surface area (Å²) in [5.74, 6) is -2.05. The van der Waals surface area contributed by atoms with E-state index in [2.05, 4.69) is 6.58 Å². The summed E-state index contributed by atoms with van der Waals surface area (Å²) in [7, 11) is 0. The standard InChI is InChI=1S/C6H10O3.C4H6O2/c1-3-5(7)4(2)6(8)9;1-3(2)4(5)6/h7H,3H2,1-2H3,(H,8,9);1H2,2H3,(H,5,6)/b5-4+;. The van der Waals surface area contributed by atoms with Crippen LogP contribution < -0.4 is 0 Å². The van der Waals surface area contributed by atoms with Crippen molar-refractivity contribution < 1.29 is 24.9 Å². The molecule has 0 spiro atoms. The van der Waals surface area contributed by atoms with Gasteiger partial charge in [0.15, 0.2) is 0 Å². The summed E-state index contributed by atoms with van der Waals surface area (Å²) in [5.41, 5.74) is 0.201. The normalized spacial score (nSPS) is 10.6. The van der Waals surface area contributed by atoms with Gasteiger partial charge < -0.3 is 15.3 Å². The summed E-state index contributed by atoms with van der Waals surface area (Å²) in [4.78, 5) is 19.7. The molecule has 0 aliphatic rings. The zero-order chi connectivity index (χ0) is 12.6. The number of aliphatic carboxylic acids is 2. The fourth-order valence-electron chi connectivity index (χ4n) is 0.389. The first kappa shape index (κ1) is 15.7. The Labute approximate surface area is 88.4 Å². The molecular formula is C10H16O5. The Morgan fingerprint density at radius 3 is 1.47 bits per heavy atom. The van der Waals surface area contributed by atoms with Crippen molar-refractivity contribution in [2.45, 2.75) is 27.2 Å². The van der Waals surface area contributed by atoms with Gasteiger partial charge in [-0.3, -0.25) is 0 Å². The van der Waals surface area contributed by atoms with E-state index in [4.69, 9.17) is 15.3 Å². The highest BCUT2D eigenvalue weighted by molar-refractivity contribution is 5.86. The van der Waals surface area contributed by atoms with Crippen LogP contribution in [0.5, 0.6) is 0 Å². The number of rotatable bonds is 3. The molecule has 0 saturated carbocycles. The first-order valence-corrected chi connectivity index (χ1v) is 4.24. The molecule has 0 bridgehead atoms. The molecule has 0 aliphatic heterocycles. The molecule has 0 aromatic rings. The molecule has 0 atom stereocenters. The van der Waals surface area contributed by atoms with Gasteiger partial charge in [-0.2, -0.15) is 0 Å². The van der Waals surface area contributed by atoms with Gasteiger partial charge in [-0.05, 0) is 13.8 Å². The lowest BCUT2D eigenvalue weighted by Gasteiger charge is -1.95. The van der Waals surface area contributed by atoms with Crippen LogP contribution in [0.3, 0.4) is 0 Å². The van der Waals surface area contributed by atoms with E-state index in [0.717, 1.165) is 0 Å². The van der Waals surface area contributed by atoms with Gasteiger partial charge in [0.25, 0.3) is 0 Å². The van der Waals surface area contributed by atoms with Gasteiger partial charge in [0.05, 0.1) is 5.57 Å². The first-order chi connectivity index (χ1) is 6.73. The Morgan fingerprint density at radius 2 is 1.40 bits per heavy atom. The fourth-order valence-corrected chi connectivity index (χ4v) is 0.389. The van der Waals surface area contributed by atoms with Gasteiger partial charge in [0.2, 0.25) is 0 Å². The Bertz CT molecular complexity index is 276. The van der Waals surface area contributed by atoms with E-state index >= 15 is 0 Å². The monoisotopic (exact) mass is 216 g/mol. The Balaban J connectivity index is 0. The molecule has 5 nitrogen and oxygen atoms in total. The van der Waals surface area contributed by atoms with Gasteiger partial charge in [0.1, 0.15) is 5.76 Å². The number of carboxylic acids is 2. The number of hydrogen-bond donors (Lipinski definition) is 3. The van der Waals surface area contributed by atoms with Crippen LogP contribution >= 0.6 is 0 Å². The lowest BCUT2D eigenvalue weighted by atomic mass is 10.2. The van der Waals surface area contributed by atoms with Gasteiger partial charge >= 0.3 is 11.9 Å². The van der Waals surface area contributed by atoms with E-state index < -0.39 is 11.9 Å². The minimum absolute atomic E-state index is 0.0255. The third kappa shape index (κ3) is 8.55. The van der Waals surface area contributed by atoms with Crippen LogP contribution in [0.25, 0.3) is 0 Å². The molecule has 0 aromatic carbocycles. The van der Waals surface area contributed by atoms with Crippen molar-refractivity contribution in [2.75, 3.05) is 0 Å². The molecule has 5 heteroatoms. The van der Waals surface area contributed by atoms with E-state index in [1.165, 1.54) is 13.8 Å². The summed E-state index contributed by atoms with van der Waals surface area (Å²) in [6.07, 6.45) is 0.373. The average molecular weight is 216 g/mol. The second-order valence-electron chi connectivity index (χ2n) is 2.82. The van der Waals surface area contributed by atoms with Crippen molar-refractivity contribution >= 4 is 11.9 Å².